The van der Waals surface area contributed by atoms with Crippen LogP contribution in [0.15, 0.2) is 4.52 Å². The lowest BCUT2D eigenvalue weighted by molar-refractivity contribution is -0.148. The lowest BCUT2D eigenvalue weighted by atomic mass is 9.96. The van der Waals surface area contributed by atoms with Crippen molar-refractivity contribution in [1.29, 1.82) is 0 Å². The van der Waals surface area contributed by atoms with Crippen LogP contribution in [0.2, 0.25) is 0 Å². The third-order valence-corrected chi connectivity index (χ3v) is 5.31. The maximum atomic E-state index is 12.4. The van der Waals surface area contributed by atoms with Gasteiger partial charge in [0, 0.05) is 30.8 Å². The van der Waals surface area contributed by atoms with Crippen LogP contribution < -0.4 is 0 Å². The highest BCUT2D eigenvalue weighted by Gasteiger charge is 2.41. The van der Waals surface area contributed by atoms with Crippen LogP contribution in [0.4, 0.5) is 13.2 Å². The number of amides is 1. The highest BCUT2D eigenvalue weighted by molar-refractivity contribution is 5.80. The molecule has 2 aliphatic heterocycles. The van der Waals surface area contributed by atoms with E-state index in [4.69, 9.17) is 4.52 Å². The minimum Gasteiger partial charge on any atom is -0.339 e. The van der Waals surface area contributed by atoms with Crippen molar-refractivity contribution < 1.29 is 22.5 Å². The molecule has 4 rings (SSSR count). The number of hydrogen-bond donors (Lipinski definition) is 0. The number of hydrogen-bond acceptors (Lipinski definition) is 5. The summed E-state index contributed by atoms with van der Waals surface area (Å²) in [4.78, 5) is 19.8. The molecule has 1 atom stereocenters. The molecular formula is C16H21F3N4O2. The van der Waals surface area contributed by atoms with Gasteiger partial charge in [0.2, 0.25) is 11.8 Å². The van der Waals surface area contributed by atoms with Crippen molar-refractivity contribution in [1.82, 2.24) is 19.9 Å². The molecule has 1 aromatic heterocycles. The Morgan fingerprint density at radius 3 is 2.48 bits per heavy atom. The average Bonchev–Trinajstić information content (AvgIpc) is 3.13. The Hall–Kier alpha value is -1.64. The summed E-state index contributed by atoms with van der Waals surface area (Å²) in [6.07, 6.45) is -0.434. The summed E-state index contributed by atoms with van der Waals surface area (Å²) in [6, 6.07) is 0.391. The number of carbonyl (C=O) groups excluding carboxylic acids is 1. The second kappa shape index (κ2) is 6.26. The molecule has 1 saturated carbocycles. The van der Waals surface area contributed by atoms with Crippen LogP contribution >= 0.6 is 0 Å². The predicted molar refractivity (Wildman–Crippen MR) is 80.9 cm³/mol. The van der Waals surface area contributed by atoms with E-state index in [0.29, 0.717) is 56.7 Å². The number of halogens is 3. The van der Waals surface area contributed by atoms with Crippen molar-refractivity contribution in [3.8, 4) is 0 Å². The largest absolute Gasteiger partial charge is 0.401 e. The summed E-state index contributed by atoms with van der Waals surface area (Å²) < 4.78 is 42.7. The summed E-state index contributed by atoms with van der Waals surface area (Å²) in [5.74, 6) is 1.18. The SMILES string of the molecule is O=C1CC(c2noc(C3CCN(CC(F)(F)F)CC3)n2)CN1C1CC1. The molecule has 1 amide bonds. The van der Waals surface area contributed by atoms with Gasteiger partial charge in [0.15, 0.2) is 5.82 Å². The summed E-state index contributed by atoms with van der Waals surface area (Å²) in [6.45, 7) is 0.529. The van der Waals surface area contributed by atoms with E-state index in [-0.39, 0.29) is 17.7 Å². The highest BCUT2D eigenvalue weighted by atomic mass is 19.4. The number of carbonyl (C=O) groups is 1. The summed E-state index contributed by atoms with van der Waals surface area (Å²) in [5, 5.41) is 4.04. The Morgan fingerprint density at radius 2 is 1.84 bits per heavy atom. The molecule has 0 aromatic carbocycles. The molecule has 3 heterocycles. The smallest absolute Gasteiger partial charge is 0.339 e. The van der Waals surface area contributed by atoms with E-state index in [1.54, 1.807) is 0 Å². The molecular weight excluding hydrogens is 337 g/mol. The van der Waals surface area contributed by atoms with Crippen LogP contribution in [0.25, 0.3) is 0 Å². The number of piperidine rings is 1. The van der Waals surface area contributed by atoms with Crippen molar-refractivity contribution in [2.75, 3.05) is 26.2 Å². The monoisotopic (exact) mass is 358 g/mol. The van der Waals surface area contributed by atoms with Gasteiger partial charge in [-0.25, -0.2) is 0 Å². The van der Waals surface area contributed by atoms with Gasteiger partial charge in [-0.1, -0.05) is 5.16 Å². The van der Waals surface area contributed by atoms with Crippen LogP contribution in [0.5, 0.6) is 0 Å². The van der Waals surface area contributed by atoms with Crippen LogP contribution in [0.3, 0.4) is 0 Å². The summed E-state index contributed by atoms with van der Waals surface area (Å²) in [5.41, 5.74) is 0. The second-order valence-electron chi connectivity index (χ2n) is 7.33. The molecule has 1 aromatic rings. The predicted octanol–water partition coefficient (Wildman–Crippen LogP) is 2.29. The summed E-state index contributed by atoms with van der Waals surface area (Å²) in [7, 11) is 0. The maximum absolute atomic E-state index is 12.4. The third-order valence-electron chi connectivity index (χ3n) is 5.31. The zero-order valence-electron chi connectivity index (χ0n) is 13.8. The first-order valence-electron chi connectivity index (χ1n) is 8.81. The van der Waals surface area contributed by atoms with Gasteiger partial charge in [-0.05, 0) is 38.8 Å². The quantitative estimate of drug-likeness (QED) is 0.826. The molecule has 3 fully saturated rings. The zero-order chi connectivity index (χ0) is 17.6. The zero-order valence-corrected chi connectivity index (χ0v) is 13.8. The Bertz CT molecular complexity index is 636. The Labute approximate surface area is 143 Å². The van der Waals surface area contributed by atoms with Gasteiger partial charge in [0.05, 0.1) is 6.54 Å². The topological polar surface area (TPSA) is 62.5 Å². The van der Waals surface area contributed by atoms with Gasteiger partial charge in [0.25, 0.3) is 0 Å². The van der Waals surface area contributed by atoms with E-state index in [0.717, 1.165) is 12.8 Å². The molecule has 0 radical (unpaired) electrons. The molecule has 1 unspecified atom stereocenters. The Balaban J connectivity index is 1.34. The number of rotatable bonds is 4. The molecule has 138 valence electrons. The van der Waals surface area contributed by atoms with E-state index < -0.39 is 12.7 Å². The van der Waals surface area contributed by atoms with Crippen LogP contribution in [0.1, 0.15) is 55.7 Å². The lowest BCUT2D eigenvalue weighted by Gasteiger charge is -2.30. The first-order chi connectivity index (χ1) is 11.9. The molecule has 2 saturated heterocycles. The number of aromatic nitrogens is 2. The Kier molecular flexibility index (Phi) is 4.21. The van der Waals surface area contributed by atoms with Crippen molar-refractivity contribution >= 4 is 5.91 Å². The third kappa shape index (κ3) is 3.80. The highest BCUT2D eigenvalue weighted by Crippen LogP contribution is 2.36. The number of nitrogens with zero attached hydrogens (tertiary/aromatic N) is 4. The van der Waals surface area contributed by atoms with E-state index in [1.807, 2.05) is 4.90 Å². The van der Waals surface area contributed by atoms with E-state index in [1.165, 1.54) is 4.90 Å². The van der Waals surface area contributed by atoms with Gasteiger partial charge >= 0.3 is 6.18 Å². The fraction of sp³-hybridized carbons (Fsp3) is 0.812. The van der Waals surface area contributed by atoms with Crippen LogP contribution in [-0.2, 0) is 4.79 Å². The first-order valence-corrected chi connectivity index (χ1v) is 8.81. The van der Waals surface area contributed by atoms with Crippen molar-refractivity contribution in [2.24, 2.45) is 0 Å². The van der Waals surface area contributed by atoms with Gasteiger partial charge in [-0.15, -0.1) is 0 Å². The average molecular weight is 358 g/mol. The van der Waals surface area contributed by atoms with E-state index in [2.05, 4.69) is 10.1 Å². The number of likely N-dealkylation sites (tertiary alicyclic amines) is 2. The van der Waals surface area contributed by atoms with Gasteiger partial charge in [0.1, 0.15) is 0 Å². The minimum absolute atomic E-state index is 0.00220. The van der Waals surface area contributed by atoms with Crippen LogP contribution in [-0.4, -0.2) is 64.2 Å². The van der Waals surface area contributed by atoms with Crippen molar-refractivity contribution in [3.05, 3.63) is 11.7 Å². The van der Waals surface area contributed by atoms with Gasteiger partial charge in [-0.2, -0.15) is 18.2 Å². The second-order valence-corrected chi connectivity index (χ2v) is 7.33. The van der Waals surface area contributed by atoms with E-state index >= 15 is 0 Å². The van der Waals surface area contributed by atoms with Gasteiger partial charge < -0.3 is 9.42 Å². The lowest BCUT2D eigenvalue weighted by Crippen LogP contribution is -2.39. The van der Waals surface area contributed by atoms with E-state index in [9.17, 15) is 18.0 Å². The standard InChI is InChI=1S/C16H21F3N4O2/c17-16(18,19)9-22-5-3-10(4-6-22)15-20-14(21-25-15)11-7-13(24)23(8-11)12-1-2-12/h10-12H,1-9H2. The number of alkyl halides is 3. The van der Waals surface area contributed by atoms with Gasteiger partial charge in [-0.3, -0.25) is 9.69 Å². The Morgan fingerprint density at radius 1 is 1.12 bits per heavy atom. The molecule has 1 aliphatic carbocycles. The minimum atomic E-state index is -4.16. The summed E-state index contributed by atoms with van der Waals surface area (Å²) >= 11 is 0. The molecule has 25 heavy (non-hydrogen) atoms. The molecule has 9 heteroatoms. The maximum Gasteiger partial charge on any atom is 0.401 e. The molecule has 0 bridgehead atoms. The normalized spacial score (nSPS) is 26.6. The molecule has 0 spiro atoms. The van der Waals surface area contributed by atoms with Crippen molar-refractivity contribution in [2.45, 2.75) is 56.2 Å². The molecule has 6 nitrogen and oxygen atoms in total. The fourth-order valence-electron chi connectivity index (χ4n) is 3.81. The van der Waals surface area contributed by atoms with Crippen LogP contribution in [0, 0.1) is 0 Å². The van der Waals surface area contributed by atoms with Crippen molar-refractivity contribution in [3.63, 3.8) is 0 Å². The fourth-order valence-corrected chi connectivity index (χ4v) is 3.81. The molecule has 3 aliphatic rings. The molecule has 0 N–H and O–H groups in total. The first kappa shape index (κ1) is 16.8.